The van der Waals surface area contributed by atoms with Crippen molar-refractivity contribution in [3.8, 4) is 5.75 Å². The number of nitrogens with one attached hydrogen (secondary N) is 1. The Morgan fingerprint density at radius 3 is 2.74 bits per heavy atom. The molecule has 3 N–H and O–H groups in total. The van der Waals surface area contributed by atoms with Crippen molar-refractivity contribution in [3.63, 3.8) is 0 Å². The summed E-state index contributed by atoms with van der Waals surface area (Å²) in [6, 6.07) is 3.26. The number of carbonyl (C=O) groups is 1. The average molecular weight is 478 g/mol. The first kappa shape index (κ1) is 22.5. The smallest absolute Gasteiger partial charge is 0.406 e. The third-order valence-corrected chi connectivity index (χ3v) is 6.43. The number of likely N-dealkylation sites (tertiary alicyclic amines) is 1. The number of alkyl halides is 3. The molecule has 11 heteroatoms. The molecule has 0 atom stereocenters. The van der Waals surface area contributed by atoms with Crippen molar-refractivity contribution in [2.75, 3.05) is 25.4 Å². The van der Waals surface area contributed by atoms with E-state index in [4.69, 9.17) is 10.5 Å². The molecule has 7 nitrogen and oxygen atoms in total. The Morgan fingerprint density at radius 1 is 1.26 bits per heavy atom. The van der Waals surface area contributed by atoms with E-state index in [1.54, 1.807) is 4.90 Å². The minimum atomic E-state index is -4.85. The Bertz CT molecular complexity index is 1250. The van der Waals surface area contributed by atoms with E-state index in [-0.39, 0.29) is 28.9 Å². The van der Waals surface area contributed by atoms with Gasteiger partial charge in [-0.2, -0.15) is 0 Å². The summed E-state index contributed by atoms with van der Waals surface area (Å²) in [7, 11) is 0. The predicted octanol–water partition coefficient (Wildman–Crippen LogP) is 4.28. The fourth-order valence-corrected chi connectivity index (χ4v) is 4.87. The summed E-state index contributed by atoms with van der Waals surface area (Å²) >= 11 is 0. The molecule has 4 heterocycles. The molecule has 3 aromatic rings. The number of nitrogen functional groups attached to an aromatic ring is 1. The molecule has 5 rings (SSSR count). The summed E-state index contributed by atoms with van der Waals surface area (Å²) in [6.07, 6.45) is -1.86. The van der Waals surface area contributed by atoms with Crippen molar-refractivity contribution in [3.05, 3.63) is 52.6 Å². The van der Waals surface area contributed by atoms with Gasteiger partial charge in [-0.05, 0) is 30.9 Å². The topological polar surface area (TPSA) is 93.5 Å². The normalized spacial score (nSPS) is 17.1. The van der Waals surface area contributed by atoms with E-state index in [1.807, 2.05) is 0 Å². The summed E-state index contributed by atoms with van der Waals surface area (Å²) in [5.74, 6) is -1.37. The number of nitrogens with two attached hydrogens (primary N) is 1. The van der Waals surface area contributed by atoms with E-state index in [2.05, 4.69) is 14.7 Å². The molecule has 1 amide bonds. The lowest BCUT2D eigenvalue weighted by molar-refractivity contribution is -0.274. The Kier molecular flexibility index (Phi) is 5.59. The van der Waals surface area contributed by atoms with Gasteiger partial charge >= 0.3 is 6.36 Å². The highest BCUT2D eigenvalue weighted by atomic mass is 19.4. The Balaban J connectivity index is 1.34. The number of fused-ring (bicyclic) bond motifs is 3. The van der Waals surface area contributed by atoms with Gasteiger partial charge in [0.05, 0.1) is 25.0 Å². The molecule has 1 aromatic carbocycles. The van der Waals surface area contributed by atoms with Gasteiger partial charge in [-0.1, -0.05) is 0 Å². The van der Waals surface area contributed by atoms with Crippen LogP contribution in [0.1, 0.15) is 45.9 Å². The summed E-state index contributed by atoms with van der Waals surface area (Å²) in [5.41, 5.74) is 9.02. The van der Waals surface area contributed by atoms with E-state index < -0.39 is 12.1 Å². The molecule has 0 bridgehead atoms. The van der Waals surface area contributed by atoms with Crippen LogP contribution < -0.4 is 10.5 Å². The standard InChI is InChI=1S/C23H22F4N4O3/c24-16-10-29-21-20(15-11-33-8-5-18(15)30-21)19(16)12-3-6-31(7-4-12)22(32)14-2-1-13(9-17(14)28)34-23(25,26)27/h1-2,9-10,12H,3-8,11,28H2,(H,29,30). The maximum Gasteiger partial charge on any atom is 0.573 e. The largest absolute Gasteiger partial charge is 0.573 e. The maximum absolute atomic E-state index is 15.0. The molecule has 0 spiro atoms. The zero-order chi connectivity index (χ0) is 24.0. The van der Waals surface area contributed by atoms with Crippen LogP contribution in [-0.2, 0) is 17.8 Å². The zero-order valence-electron chi connectivity index (χ0n) is 18.0. The van der Waals surface area contributed by atoms with E-state index in [1.165, 1.54) is 12.3 Å². The van der Waals surface area contributed by atoms with E-state index >= 15 is 0 Å². The van der Waals surface area contributed by atoms with Crippen LogP contribution in [-0.4, -0.2) is 46.8 Å². The second-order valence-electron chi connectivity index (χ2n) is 8.49. The van der Waals surface area contributed by atoms with Gasteiger partial charge in [0, 0.05) is 53.5 Å². The molecule has 180 valence electrons. The Labute approximate surface area is 191 Å². The average Bonchev–Trinajstić information content (AvgIpc) is 3.17. The van der Waals surface area contributed by atoms with Gasteiger partial charge in [-0.25, -0.2) is 9.37 Å². The predicted molar refractivity (Wildman–Crippen MR) is 115 cm³/mol. The highest BCUT2D eigenvalue weighted by molar-refractivity contribution is 5.99. The quantitative estimate of drug-likeness (QED) is 0.433. The van der Waals surface area contributed by atoms with Crippen LogP contribution in [0, 0.1) is 5.82 Å². The van der Waals surface area contributed by atoms with Crippen molar-refractivity contribution in [1.29, 1.82) is 0 Å². The first-order valence-electron chi connectivity index (χ1n) is 10.9. The third-order valence-electron chi connectivity index (χ3n) is 6.43. The summed E-state index contributed by atoms with van der Waals surface area (Å²) in [4.78, 5) is 22.0. The number of pyridine rings is 1. The van der Waals surface area contributed by atoms with E-state index in [0.29, 0.717) is 56.8 Å². The van der Waals surface area contributed by atoms with Gasteiger partial charge < -0.3 is 25.1 Å². The van der Waals surface area contributed by atoms with Crippen molar-refractivity contribution < 1.29 is 31.8 Å². The summed E-state index contributed by atoms with van der Waals surface area (Å²) < 4.78 is 61.7. The van der Waals surface area contributed by atoms with Crippen LogP contribution in [0.2, 0.25) is 0 Å². The SMILES string of the molecule is Nc1cc(OC(F)(F)F)ccc1C(=O)N1CCC(c2c(F)cnc3[nH]c4c(c23)COCC4)CC1. The molecule has 1 saturated heterocycles. The number of ether oxygens (including phenoxy) is 2. The second-order valence-corrected chi connectivity index (χ2v) is 8.49. The number of rotatable bonds is 3. The monoisotopic (exact) mass is 478 g/mol. The number of anilines is 1. The maximum atomic E-state index is 15.0. The number of hydrogen-bond acceptors (Lipinski definition) is 5. The van der Waals surface area contributed by atoms with Crippen LogP contribution in [0.3, 0.4) is 0 Å². The number of aromatic amines is 1. The van der Waals surface area contributed by atoms with Crippen molar-refractivity contribution in [1.82, 2.24) is 14.9 Å². The molecule has 34 heavy (non-hydrogen) atoms. The lowest BCUT2D eigenvalue weighted by atomic mass is 9.86. The Hall–Kier alpha value is -3.34. The number of halogens is 4. The van der Waals surface area contributed by atoms with Crippen LogP contribution in [0.4, 0.5) is 23.2 Å². The number of carbonyl (C=O) groups excluding carboxylic acids is 1. The number of nitrogens with zero attached hydrogens (tertiary/aromatic N) is 2. The first-order chi connectivity index (χ1) is 16.2. The third kappa shape index (κ3) is 4.15. The molecule has 2 aliphatic rings. The molecule has 0 saturated carbocycles. The molecule has 0 unspecified atom stereocenters. The Morgan fingerprint density at radius 2 is 2.03 bits per heavy atom. The number of H-pyrrole nitrogens is 1. The number of piperidine rings is 1. The fraction of sp³-hybridized carbons (Fsp3) is 0.391. The van der Waals surface area contributed by atoms with Crippen LogP contribution in [0.15, 0.2) is 24.4 Å². The van der Waals surface area contributed by atoms with E-state index in [9.17, 15) is 22.4 Å². The highest BCUT2D eigenvalue weighted by Gasteiger charge is 2.33. The van der Waals surface area contributed by atoms with E-state index in [0.717, 1.165) is 28.8 Å². The molecule has 0 aliphatic carbocycles. The zero-order valence-corrected chi connectivity index (χ0v) is 18.0. The molecular weight excluding hydrogens is 456 g/mol. The van der Waals surface area contributed by atoms with Gasteiger partial charge in [0.25, 0.3) is 5.91 Å². The van der Waals surface area contributed by atoms with Crippen molar-refractivity contribution in [2.45, 2.75) is 38.1 Å². The lowest BCUT2D eigenvalue weighted by Crippen LogP contribution is -2.38. The van der Waals surface area contributed by atoms with Crippen LogP contribution >= 0.6 is 0 Å². The van der Waals surface area contributed by atoms with Crippen molar-refractivity contribution in [2.24, 2.45) is 0 Å². The van der Waals surface area contributed by atoms with Gasteiger partial charge in [-0.3, -0.25) is 4.79 Å². The number of aromatic nitrogens is 2. The number of hydrogen-bond donors (Lipinski definition) is 2. The molecule has 2 aliphatic heterocycles. The van der Waals surface area contributed by atoms with Crippen LogP contribution in [0.5, 0.6) is 5.75 Å². The van der Waals surface area contributed by atoms with Crippen molar-refractivity contribution >= 4 is 22.6 Å². The van der Waals surface area contributed by atoms with Gasteiger partial charge in [0.2, 0.25) is 0 Å². The number of amides is 1. The summed E-state index contributed by atoms with van der Waals surface area (Å²) in [5, 5.41) is 0.768. The van der Waals surface area contributed by atoms with Gasteiger partial charge in [-0.15, -0.1) is 13.2 Å². The van der Waals surface area contributed by atoms with Gasteiger partial charge in [0.15, 0.2) is 0 Å². The molecular formula is C23H22F4N4O3. The molecule has 1 fully saturated rings. The number of benzene rings is 1. The first-order valence-corrected chi connectivity index (χ1v) is 10.9. The highest BCUT2D eigenvalue weighted by Crippen LogP contribution is 2.38. The van der Waals surface area contributed by atoms with Crippen LogP contribution in [0.25, 0.3) is 11.0 Å². The summed E-state index contributed by atoms with van der Waals surface area (Å²) in [6.45, 7) is 1.72. The molecule has 0 radical (unpaired) electrons. The second kappa shape index (κ2) is 8.46. The lowest BCUT2D eigenvalue weighted by Gasteiger charge is -2.33. The fourth-order valence-electron chi connectivity index (χ4n) is 4.87. The molecule has 2 aromatic heterocycles. The minimum absolute atomic E-state index is 0.0994. The minimum Gasteiger partial charge on any atom is -0.406 e. The van der Waals surface area contributed by atoms with Gasteiger partial charge in [0.1, 0.15) is 17.2 Å².